The van der Waals surface area contributed by atoms with E-state index in [1.165, 1.54) is 5.56 Å². The molecule has 20 heavy (non-hydrogen) atoms. The van der Waals surface area contributed by atoms with Gasteiger partial charge in [-0.15, -0.1) is 0 Å². The fraction of sp³-hybridized carbons (Fsp3) is 0.188. The van der Waals surface area contributed by atoms with Gasteiger partial charge in [0, 0.05) is 23.2 Å². The maximum Gasteiger partial charge on any atom is 0.137 e. The summed E-state index contributed by atoms with van der Waals surface area (Å²) in [6.45, 7) is 2.66. The average molecular weight is 286 g/mol. The molecule has 3 aromatic rings. The summed E-state index contributed by atoms with van der Waals surface area (Å²) in [5.74, 6) is 0. The SMILES string of the molecule is Cc1ccc2nc(CCN)c(-c3ccc(Cl)cc3)n2c1. The van der Waals surface area contributed by atoms with Crippen LogP contribution in [0.25, 0.3) is 16.9 Å². The highest BCUT2D eigenvalue weighted by molar-refractivity contribution is 6.30. The van der Waals surface area contributed by atoms with Gasteiger partial charge in [-0.05, 0) is 37.2 Å². The molecule has 2 heterocycles. The third-order valence-electron chi connectivity index (χ3n) is 3.34. The number of pyridine rings is 1. The Kier molecular flexibility index (Phi) is 3.47. The Morgan fingerprint density at radius 2 is 1.90 bits per heavy atom. The average Bonchev–Trinajstić information content (AvgIpc) is 2.78. The van der Waals surface area contributed by atoms with Gasteiger partial charge < -0.3 is 5.73 Å². The van der Waals surface area contributed by atoms with Crippen LogP contribution in [0.5, 0.6) is 0 Å². The normalized spacial score (nSPS) is 11.2. The lowest BCUT2D eigenvalue weighted by Crippen LogP contribution is -2.04. The fourth-order valence-electron chi connectivity index (χ4n) is 2.42. The number of fused-ring (bicyclic) bond motifs is 1. The molecule has 0 saturated heterocycles. The molecule has 0 fully saturated rings. The Morgan fingerprint density at radius 3 is 2.60 bits per heavy atom. The van der Waals surface area contributed by atoms with Crippen molar-refractivity contribution in [3.63, 3.8) is 0 Å². The van der Waals surface area contributed by atoms with Crippen molar-refractivity contribution in [2.24, 2.45) is 5.73 Å². The second-order valence-electron chi connectivity index (χ2n) is 4.89. The minimum absolute atomic E-state index is 0.587. The van der Waals surface area contributed by atoms with Gasteiger partial charge in [-0.1, -0.05) is 29.8 Å². The number of rotatable bonds is 3. The molecule has 0 aliphatic heterocycles. The zero-order chi connectivity index (χ0) is 14.1. The van der Waals surface area contributed by atoms with E-state index in [-0.39, 0.29) is 0 Å². The molecule has 2 N–H and O–H groups in total. The van der Waals surface area contributed by atoms with Gasteiger partial charge in [0.25, 0.3) is 0 Å². The van der Waals surface area contributed by atoms with Crippen LogP contribution >= 0.6 is 11.6 Å². The molecule has 1 aromatic carbocycles. The Labute approximate surface area is 123 Å². The van der Waals surface area contributed by atoms with E-state index < -0.39 is 0 Å². The van der Waals surface area contributed by atoms with Gasteiger partial charge in [0.2, 0.25) is 0 Å². The second-order valence-corrected chi connectivity index (χ2v) is 5.32. The quantitative estimate of drug-likeness (QED) is 0.801. The summed E-state index contributed by atoms with van der Waals surface area (Å²) in [5.41, 5.74) is 11.1. The molecule has 0 bridgehead atoms. The van der Waals surface area contributed by atoms with Crippen LogP contribution in [0.4, 0.5) is 0 Å². The van der Waals surface area contributed by atoms with Crippen LogP contribution in [0.2, 0.25) is 5.02 Å². The Balaban J connectivity index is 2.27. The van der Waals surface area contributed by atoms with Gasteiger partial charge in [-0.2, -0.15) is 0 Å². The van der Waals surface area contributed by atoms with Gasteiger partial charge in [0.15, 0.2) is 0 Å². The third-order valence-corrected chi connectivity index (χ3v) is 3.59. The number of nitrogens with zero attached hydrogens (tertiary/aromatic N) is 2. The number of halogens is 1. The first-order chi connectivity index (χ1) is 9.69. The molecule has 4 heteroatoms. The van der Waals surface area contributed by atoms with Crippen LogP contribution in [-0.4, -0.2) is 15.9 Å². The Hall–Kier alpha value is -1.84. The fourth-order valence-corrected chi connectivity index (χ4v) is 2.55. The van der Waals surface area contributed by atoms with E-state index in [0.717, 1.165) is 34.0 Å². The van der Waals surface area contributed by atoms with Gasteiger partial charge in [0.05, 0.1) is 11.4 Å². The summed E-state index contributed by atoms with van der Waals surface area (Å²) >= 11 is 5.98. The summed E-state index contributed by atoms with van der Waals surface area (Å²) < 4.78 is 2.13. The van der Waals surface area contributed by atoms with Crippen LogP contribution in [0, 0.1) is 6.92 Å². The topological polar surface area (TPSA) is 43.3 Å². The molecule has 2 aromatic heterocycles. The third kappa shape index (κ3) is 2.30. The van der Waals surface area contributed by atoms with E-state index in [1.54, 1.807) is 0 Å². The molecule has 0 radical (unpaired) electrons. The molecule has 0 aliphatic carbocycles. The van der Waals surface area contributed by atoms with Crippen molar-refractivity contribution in [2.75, 3.05) is 6.54 Å². The van der Waals surface area contributed by atoms with E-state index >= 15 is 0 Å². The highest BCUT2D eigenvalue weighted by atomic mass is 35.5. The number of aryl methyl sites for hydroxylation is 1. The first-order valence-corrected chi connectivity index (χ1v) is 7.00. The van der Waals surface area contributed by atoms with E-state index in [2.05, 4.69) is 23.6 Å². The number of hydrogen-bond donors (Lipinski definition) is 1. The molecular formula is C16H16ClN3. The molecule has 0 atom stereocenters. The van der Waals surface area contributed by atoms with Crippen molar-refractivity contribution in [3.8, 4) is 11.3 Å². The van der Waals surface area contributed by atoms with Crippen LogP contribution in [-0.2, 0) is 6.42 Å². The van der Waals surface area contributed by atoms with Crippen molar-refractivity contribution < 1.29 is 0 Å². The van der Waals surface area contributed by atoms with E-state index in [9.17, 15) is 0 Å². The van der Waals surface area contributed by atoms with Crippen LogP contribution < -0.4 is 5.73 Å². The predicted octanol–water partition coefficient (Wildman–Crippen LogP) is 3.46. The maximum absolute atomic E-state index is 5.98. The summed E-state index contributed by atoms with van der Waals surface area (Å²) in [4.78, 5) is 4.69. The standard InChI is InChI=1S/C16H16ClN3/c1-11-2-7-15-19-14(8-9-18)16(20(15)10-11)12-3-5-13(17)6-4-12/h2-7,10H,8-9,18H2,1H3. The van der Waals surface area contributed by atoms with E-state index in [0.29, 0.717) is 6.54 Å². The van der Waals surface area contributed by atoms with Crippen molar-refractivity contribution in [1.29, 1.82) is 0 Å². The molecule has 0 saturated carbocycles. The maximum atomic E-state index is 5.98. The van der Waals surface area contributed by atoms with Gasteiger partial charge in [0.1, 0.15) is 5.65 Å². The first-order valence-electron chi connectivity index (χ1n) is 6.62. The number of hydrogen-bond acceptors (Lipinski definition) is 2. The lowest BCUT2D eigenvalue weighted by molar-refractivity contribution is 0.939. The van der Waals surface area contributed by atoms with Crippen LogP contribution in [0.3, 0.4) is 0 Å². The van der Waals surface area contributed by atoms with Crippen LogP contribution in [0.1, 0.15) is 11.3 Å². The van der Waals surface area contributed by atoms with Gasteiger partial charge >= 0.3 is 0 Å². The lowest BCUT2D eigenvalue weighted by Gasteiger charge is -2.06. The lowest BCUT2D eigenvalue weighted by atomic mass is 10.1. The second kappa shape index (κ2) is 5.27. The Bertz CT molecular complexity index is 744. The number of benzene rings is 1. The predicted molar refractivity (Wildman–Crippen MR) is 83.1 cm³/mol. The minimum Gasteiger partial charge on any atom is -0.330 e. The Morgan fingerprint density at radius 1 is 1.15 bits per heavy atom. The van der Waals surface area contributed by atoms with E-state index in [4.69, 9.17) is 22.3 Å². The summed E-state index contributed by atoms with van der Waals surface area (Å²) in [5, 5.41) is 0.735. The smallest absolute Gasteiger partial charge is 0.137 e. The largest absolute Gasteiger partial charge is 0.330 e. The molecule has 3 rings (SSSR count). The summed E-state index contributed by atoms with van der Waals surface area (Å²) in [7, 11) is 0. The molecule has 102 valence electrons. The van der Waals surface area contributed by atoms with Gasteiger partial charge in [-0.3, -0.25) is 4.40 Å². The minimum atomic E-state index is 0.587. The van der Waals surface area contributed by atoms with Crippen LogP contribution in [0.15, 0.2) is 42.6 Å². The zero-order valence-electron chi connectivity index (χ0n) is 11.3. The summed E-state index contributed by atoms with van der Waals surface area (Å²) in [6, 6.07) is 12.0. The van der Waals surface area contributed by atoms with Crippen molar-refractivity contribution in [1.82, 2.24) is 9.38 Å². The number of imidazole rings is 1. The van der Waals surface area contributed by atoms with Gasteiger partial charge in [-0.25, -0.2) is 4.98 Å². The highest BCUT2D eigenvalue weighted by Gasteiger charge is 2.13. The first kappa shape index (κ1) is 13.2. The van der Waals surface area contributed by atoms with E-state index in [1.807, 2.05) is 30.3 Å². The monoisotopic (exact) mass is 285 g/mol. The molecule has 0 aliphatic rings. The number of aromatic nitrogens is 2. The van der Waals surface area contributed by atoms with Crippen molar-refractivity contribution in [2.45, 2.75) is 13.3 Å². The summed E-state index contributed by atoms with van der Waals surface area (Å²) in [6.07, 6.45) is 2.87. The molecular weight excluding hydrogens is 270 g/mol. The molecule has 0 spiro atoms. The highest BCUT2D eigenvalue weighted by Crippen LogP contribution is 2.27. The molecule has 0 amide bonds. The van der Waals surface area contributed by atoms with Crippen molar-refractivity contribution >= 4 is 17.2 Å². The van der Waals surface area contributed by atoms with Crippen molar-refractivity contribution in [3.05, 3.63) is 58.9 Å². The molecule has 0 unspecified atom stereocenters. The number of nitrogens with two attached hydrogens (primary N) is 1. The zero-order valence-corrected chi connectivity index (χ0v) is 12.1. The molecule has 3 nitrogen and oxygen atoms in total.